The van der Waals surface area contributed by atoms with Gasteiger partial charge < -0.3 is 9.80 Å². The van der Waals surface area contributed by atoms with E-state index in [1.165, 1.54) is 44.2 Å². The highest BCUT2D eigenvalue weighted by molar-refractivity contribution is 6.15. The second-order valence-corrected chi connectivity index (χ2v) is 21.5. The van der Waals surface area contributed by atoms with Crippen molar-refractivity contribution in [2.24, 2.45) is 9.98 Å². The first-order valence-corrected chi connectivity index (χ1v) is 24.9. The van der Waals surface area contributed by atoms with E-state index in [1.807, 2.05) is 24.8 Å². The molecular weight excluding hydrogens is 865 g/mol. The highest BCUT2D eigenvalue weighted by Gasteiger charge is 2.52. The van der Waals surface area contributed by atoms with Crippen LogP contribution < -0.4 is 9.80 Å². The quantitative estimate of drug-likeness (QED) is 0.152. The Morgan fingerprint density at radius 1 is 0.352 bits per heavy atom. The molecule has 3 aliphatic rings. The van der Waals surface area contributed by atoms with Crippen molar-refractivity contribution in [3.05, 3.63) is 240 Å². The van der Waals surface area contributed by atoms with Crippen LogP contribution in [0.4, 0.5) is 11.4 Å². The van der Waals surface area contributed by atoms with Crippen LogP contribution in [0.3, 0.4) is 0 Å². The molecule has 0 spiro atoms. The Bertz CT molecular complexity index is 3550. The first kappa shape index (κ1) is 44.3. The fourth-order valence-electron chi connectivity index (χ4n) is 11.6. The zero-order valence-electron chi connectivity index (χ0n) is 41.8. The molecule has 0 saturated heterocycles. The van der Waals surface area contributed by atoms with Gasteiger partial charge in [-0.25, -0.2) is 0 Å². The average Bonchev–Trinajstić information content (AvgIpc) is 3.88. The summed E-state index contributed by atoms with van der Waals surface area (Å²) in [6, 6.07) is 66.4. The van der Waals surface area contributed by atoms with Crippen LogP contribution in [0.1, 0.15) is 88.8 Å². The Morgan fingerprint density at radius 3 is 1.32 bits per heavy atom. The molecule has 2 aromatic heterocycles. The molecule has 6 nitrogen and oxygen atoms in total. The molecule has 0 fully saturated rings. The van der Waals surface area contributed by atoms with Crippen molar-refractivity contribution in [1.82, 2.24) is 9.97 Å². The van der Waals surface area contributed by atoms with Gasteiger partial charge in [-0.2, -0.15) is 0 Å². The molecule has 7 aromatic carbocycles. The van der Waals surface area contributed by atoms with Gasteiger partial charge >= 0.3 is 0 Å². The number of pyridine rings is 2. The highest BCUT2D eigenvalue weighted by atomic mass is 15.3. The van der Waals surface area contributed by atoms with Crippen LogP contribution >= 0.6 is 0 Å². The molecule has 0 atom stereocenters. The Labute approximate surface area is 418 Å². The number of nitrogens with zero attached hydrogens (tertiary/aromatic N) is 6. The minimum atomic E-state index is -0.680. The number of hydrogen-bond donors (Lipinski definition) is 0. The second kappa shape index (κ2) is 16.0. The van der Waals surface area contributed by atoms with Crippen LogP contribution in [0.15, 0.2) is 217 Å². The van der Waals surface area contributed by atoms with Crippen LogP contribution in [0.25, 0.3) is 44.2 Å². The summed E-state index contributed by atoms with van der Waals surface area (Å²) < 4.78 is 0. The van der Waals surface area contributed by atoms with Gasteiger partial charge in [-0.3, -0.25) is 20.0 Å². The summed E-state index contributed by atoms with van der Waals surface area (Å²) in [6.45, 7) is 18.1. The van der Waals surface area contributed by atoms with Crippen LogP contribution in [-0.2, 0) is 5.41 Å². The smallest absolute Gasteiger partial charge is 0.136 e. The summed E-state index contributed by atoms with van der Waals surface area (Å²) in [4.78, 5) is 25.6. The molecule has 348 valence electrons. The standard InChI is InChI=1S/C65H58N6/c1-61(2)63(5,6)70(59(68-61)43-23-13-9-14-24-43)50-35-46(39-66-41-50)45-33-34-54-56(37-45)65(48-27-17-11-18-28-48,49-29-19-12-20-30-49)57-38-55(52-31-21-22-32-53(52)58(54)57)47-36-51(42-67-40-47)71-60(44-25-15-10-16-26-44)69-62(3,4)64(71,7)8/h9-42H,1-8H3. The van der Waals surface area contributed by atoms with Crippen LogP contribution in [0.5, 0.6) is 0 Å². The van der Waals surface area contributed by atoms with E-state index in [0.717, 1.165) is 56.4 Å². The molecule has 0 saturated carbocycles. The molecule has 0 unspecified atom stereocenters. The van der Waals surface area contributed by atoms with Crippen molar-refractivity contribution in [3.8, 4) is 33.4 Å². The third kappa shape index (κ3) is 6.60. The second-order valence-electron chi connectivity index (χ2n) is 21.5. The van der Waals surface area contributed by atoms with Gasteiger partial charge in [0.25, 0.3) is 0 Å². The van der Waals surface area contributed by atoms with Crippen molar-refractivity contribution >= 4 is 33.8 Å². The van der Waals surface area contributed by atoms with Gasteiger partial charge in [0.15, 0.2) is 0 Å². The largest absolute Gasteiger partial charge is 0.317 e. The molecule has 0 amide bonds. The van der Waals surface area contributed by atoms with Gasteiger partial charge in [-0.05, 0) is 135 Å². The normalized spacial score (nSPS) is 17.7. The van der Waals surface area contributed by atoms with E-state index < -0.39 is 5.41 Å². The Hall–Kier alpha value is -7.96. The summed E-state index contributed by atoms with van der Waals surface area (Å²) in [5, 5.41) is 2.39. The molecule has 12 rings (SSSR count). The Balaban J connectivity index is 1.07. The summed E-state index contributed by atoms with van der Waals surface area (Å²) in [5.41, 5.74) is 13.8. The minimum Gasteiger partial charge on any atom is -0.317 e. The van der Waals surface area contributed by atoms with Gasteiger partial charge in [-0.15, -0.1) is 0 Å². The first-order chi connectivity index (χ1) is 34.2. The molecule has 4 heterocycles. The molecule has 0 radical (unpaired) electrons. The number of fused-ring (bicyclic) bond motifs is 5. The van der Waals surface area contributed by atoms with Crippen LogP contribution in [0, 0.1) is 0 Å². The van der Waals surface area contributed by atoms with E-state index >= 15 is 0 Å². The van der Waals surface area contributed by atoms with Crippen molar-refractivity contribution in [1.29, 1.82) is 0 Å². The topological polar surface area (TPSA) is 57.0 Å². The van der Waals surface area contributed by atoms with Crippen molar-refractivity contribution in [3.63, 3.8) is 0 Å². The Morgan fingerprint density at radius 2 is 0.803 bits per heavy atom. The third-order valence-corrected chi connectivity index (χ3v) is 16.5. The third-order valence-electron chi connectivity index (χ3n) is 16.5. The molecule has 71 heavy (non-hydrogen) atoms. The van der Waals surface area contributed by atoms with E-state index in [2.05, 4.69) is 247 Å². The molecule has 6 heteroatoms. The fourth-order valence-corrected chi connectivity index (χ4v) is 11.6. The molecule has 1 aliphatic carbocycles. The predicted octanol–water partition coefficient (Wildman–Crippen LogP) is 15.0. The maximum Gasteiger partial charge on any atom is 0.136 e. The number of rotatable bonds is 8. The molecule has 0 N–H and O–H groups in total. The van der Waals surface area contributed by atoms with Crippen LogP contribution in [0.2, 0.25) is 0 Å². The van der Waals surface area contributed by atoms with Crippen molar-refractivity contribution in [2.45, 2.75) is 83.0 Å². The lowest BCUT2D eigenvalue weighted by Gasteiger charge is -2.41. The van der Waals surface area contributed by atoms with E-state index in [4.69, 9.17) is 20.0 Å². The minimum absolute atomic E-state index is 0.333. The first-order valence-electron chi connectivity index (χ1n) is 24.9. The Kier molecular flexibility index (Phi) is 10.0. The van der Waals surface area contributed by atoms with Gasteiger partial charge in [0, 0.05) is 34.6 Å². The maximum absolute atomic E-state index is 5.39. The maximum atomic E-state index is 5.39. The summed E-state index contributed by atoms with van der Waals surface area (Å²) >= 11 is 0. The molecule has 9 aromatic rings. The van der Waals surface area contributed by atoms with E-state index in [0.29, 0.717) is 0 Å². The lowest BCUT2D eigenvalue weighted by Crippen LogP contribution is -2.53. The SMILES string of the molecule is CC1(C)N=C(c2ccccc2)N(c2cncc(-c3ccc4c(c3)C(c3ccccc3)(c3ccccc3)c3cc(-c5cncc(N6C(c7ccccc7)=NC(C)(C)C6(C)C)c5)c5ccccc5c3-4)c2)C1(C)C. The number of hydrogen-bond acceptors (Lipinski definition) is 6. The van der Waals surface area contributed by atoms with E-state index in [-0.39, 0.29) is 22.2 Å². The van der Waals surface area contributed by atoms with Crippen molar-refractivity contribution < 1.29 is 0 Å². The predicted molar refractivity (Wildman–Crippen MR) is 295 cm³/mol. The number of amidine groups is 2. The van der Waals surface area contributed by atoms with E-state index in [9.17, 15) is 0 Å². The van der Waals surface area contributed by atoms with Gasteiger partial charge in [0.2, 0.25) is 0 Å². The van der Waals surface area contributed by atoms with E-state index in [1.54, 1.807) is 0 Å². The summed E-state index contributed by atoms with van der Waals surface area (Å²) in [7, 11) is 0. The lowest BCUT2D eigenvalue weighted by molar-refractivity contribution is 0.338. The summed E-state index contributed by atoms with van der Waals surface area (Å²) in [6.07, 6.45) is 8.04. The lowest BCUT2D eigenvalue weighted by atomic mass is 9.67. The highest BCUT2D eigenvalue weighted by Crippen LogP contribution is 2.60. The zero-order chi connectivity index (χ0) is 48.9. The van der Waals surface area contributed by atoms with Gasteiger partial charge in [-0.1, -0.05) is 158 Å². The van der Waals surface area contributed by atoms with Gasteiger partial charge in [0.05, 0.1) is 51.3 Å². The zero-order valence-corrected chi connectivity index (χ0v) is 41.8. The number of benzene rings is 7. The van der Waals surface area contributed by atoms with Gasteiger partial charge in [0.1, 0.15) is 11.7 Å². The number of aliphatic imine (C=N–C) groups is 2. The average molecular weight is 923 g/mol. The van der Waals surface area contributed by atoms with Crippen molar-refractivity contribution in [2.75, 3.05) is 9.80 Å². The number of anilines is 2. The molecule has 0 bridgehead atoms. The number of aromatic nitrogens is 2. The monoisotopic (exact) mass is 922 g/mol. The summed E-state index contributed by atoms with van der Waals surface area (Å²) in [5.74, 6) is 1.91. The van der Waals surface area contributed by atoms with Crippen LogP contribution in [-0.4, -0.2) is 43.8 Å². The molecule has 2 aliphatic heterocycles. The molecular formula is C65H58N6. The fraction of sp³-hybridized carbons (Fsp3) is 0.200.